The van der Waals surface area contributed by atoms with Crippen LogP contribution in [0.5, 0.6) is 0 Å². The monoisotopic (exact) mass is 339 g/mol. The van der Waals surface area contributed by atoms with Gasteiger partial charge < -0.3 is 9.42 Å². The average Bonchev–Trinajstić information content (AvgIpc) is 3.23. The summed E-state index contributed by atoms with van der Waals surface area (Å²) in [6, 6.07) is 6.00. The van der Waals surface area contributed by atoms with Gasteiger partial charge in [0.1, 0.15) is 12.1 Å². The van der Waals surface area contributed by atoms with E-state index in [2.05, 4.69) is 25.2 Å². The number of nitrogens with zero attached hydrogens (tertiary/aromatic N) is 7. The summed E-state index contributed by atoms with van der Waals surface area (Å²) in [4.78, 5) is 4.71. The first-order chi connectivity index (χ1) is 12.4. The van der Waals surface area contributed by atoms with Crippen molar-refractivity contribution in [2.45, 2.75) is 31.7 Å². The molecule has 3 aromatic heterocycles. The third-order valence-corrected chi connectivity index (χ3v) is 5.28. The van der Waals surface area contributed by atoms with Gasteiger partial charge in [-0.05, 0) is 44.5 Å². The van der Waals surface area contributed by atoms with Crippen molar-refractivity contribution >= 4 is 11.5 Å². The zero-order valence-electron chi connectivity index (χ0n) is 14.1. The van der Waals surface area contributed by atoms with E-state index in [0.29, 0.717) is 5.92 Å². The Bertz CT molecular complexity index is 847. The molecule has 8 nitrogen and oxygen atoms in total. The van der Waals surface area contributed by atoms with Crippen molar-refractivity contribution in [3.05, 3.63) is 36.0 Å². The second kappa shape index (κ2) is 6.11. The van der Waals surface area contributed by atoms with Crippen LogP contribution in [0.15, 0.2) is 29.0 Å². The zero-order chi connectivity index (χ0) is 16.6. The predicted octanol–water partition coefficient (Wildman–Crippen LogP) is 1.70. The van der Waals surface area contributed by atoms with Gasteiger partial charge in [0, 0.05) is 31.6 Å². The molecule has 0 N–H and O–H groups in total. The number of piperidine rings is 1. The average molecular weight is 339 g/mol. The predicted molar refractivity (Wildman–Crippen MR) is 91.4 cm³/mol. The first-order valence-electron chi connectivity index (χ1n) is 8.96. The molecule has 0 aliphatic carbocycles. The lowest BCUT2D eigenvalue weighted by Gasteiger charge is -2.32. The van der Waals surface area contributed by atoms with Crippen molar-refractivity contribution in [2.75, 3.05) is 31.1 Å². The van der Waals surface area contributed by atoms with Crippen LogP contribution >= 0.6 is 0 Å². The van der Waals surface area contributed by atoms with Gasteiger partial charge in [-0.1, -0.05) is 5.16 Å². The summed E-state index contributed by atoms with van der Waals surface area (Å²) < 4.78 is 6.87. The highest BCUT2D eigenvalue weighted by Gasteiger charge is 2.26. The van der Waals surface area contributed by atoms with Gasteiger partial charge in [-0.3, -0.25) is 4.90 Å². The van der Waals surface area contributed by atoms with Crippen molar-refractivity contribution in [1.29, 1.82) is 0 Å². The quantitative estimate of drug-likeness (QED) is 0.716. The highest BCUT2D eigenvalue weighted by molar-refractivity contribution is 5.47. The second-order valence-electron chi connectivity index (χ2n) is 6.90. The summed E-state index contributed by atoms with van der Waals surface area (Å²) in [6.45, 7) is 5.09. The van der Waals surface area contributed by atoms with Crippen molar-refractivity contribution in [2.24, 2.45) is 0 Å². The zero-order valence-corrected chi connectivity index (χ0v) is 14.1. The molecule has 0 unspecified atom stereocenters. The molecule has 5 heterocycles. The van der Waals surface area contributed by atoms with Gasteiger partial charge in [-0.15, -0.1) is 15.3 Å². The summed E-state index contributed by atoms with van der Waals surface area (Å²) in [5.74, 6) is 2.43. The van der Waals surface area contributed by atoms with E-state index in [9.17, 15) is 0 Å². The van der Waals surface area contributed by atoms with Crippen LogP contribution in [0, 0.1) is 0 Å². The smallest absolute Gasteiger partial charge is 0.178 e. The van der Waals surface area contributed by atoms with E-state index in [1.807, 2.05) is 22.7 Å². The molecular formula is C17H21N7O. The van der Waals surface area contributed by atoms with E-state index >= 15 is 0 Å². The van der Waals surface area contributed by atoms with E-state index in [0.717, 1.165) is 68.5 Å². The lowest BCUT2D eigenvalue weighted by atomic mass is 9.96. The van der Waals surface area contributed by atoms with Gasteiger partial charge in [-0.2, -0.15) is 4.52 Å². The number of fused-ring (bicyclic) bond motifs is 1. The molecule has 5 rings (SSSR count). The molecule has 0 aromatic carbocycles. The topological polar surface area (TPSA) is 75.6 Å². The minimum atomic E-state index is 0.405. The third-order valence-electron chi connectivity index (χ3n) is 5.28. The van der Waals surface area contributed by atoms with E-state index < -0.39 is 0 Å². The largest absolute Gasteiger partial charge is 0.364 e. The van der Waals surface area contributed by atoms with Gasteiger partial charge in [0.25, 0.3) is 0 Å². The molecule has 0 amide bonds. The summed E-state index contributed by atoms with van der Waals surface area (Å²) in [5, 5.41) is 17.6. The Morgan fingerprint density at radius 3 is 2.64 bits per heavy atom. The van der Waals surface area contributed by atoms with Crippen LogP contribution in [0.25, 0.3) is 5.65 Å². The minimum Gasteiger partial charge on any atom is -0.364 e. The van der Waals surface area contributed by atoms with Crippen LogP contribution in [-0.4, -0.2) is 56.0 Å². The van der Waals surface area contributed by atoms with Crippen molar-refractivity contribution in [3.8, 4) is 0 Å². The number of hydrogen-bond acceptors (Lipinski definition) is 7. The van der Waals surface area contributed by atoms with Crippen LogP contribution in [0.4, 0.5) is 5.82 Å². The molecular weight excluding hydrogens is 318 g/mol. The number of likely N-dealkylation sites (tertiary alicyclic amines) is 1. The Balaban J connectivity index is 1.32. The van der Waals surface area contributed by atoms with E-state index in [1.54, 1.807) is 6.26 Å². The summed E-state index contributed by atoms with van der Waals surface area (Å²) in [6.07, 6.45) is 5.01. The van der Waals surface area contributed by atoms with Crippen molar-refractivity contribution in [1.82, 2.24) is 29.9 Å². The van der Waals surface area contributed by atoms with Crippen LogP contribution in [0.2, 0.25) is 0 Å². The molecule has 0 bridgehead atoms. The Morgan fingerprint density at radius 2 is 1.92 bits per heavy atom. The number of hydrogen-bond donors (Lipinski definition) is 0. The summed E-state index contributed by atoms with van der Waals surface area (Å²) in [7, 11) is 0. The van der Waals surface area contributed by atoms with Crippen LogP contribution < -0.4 is 4.90 Å². The maximum Gasteiger partial charge on any atom is 0.178 e. The molecule has 0 spiro atoms. The summed E-state index contributed by atoms with van der Waals surface area (Å²) >= 11 is 0. The van der Waals surface area contributed by atoms with Crippen molar-refractivity contribution < 1.29 is 4.52 Å². The fraction of sp³-hybridized carbons (Fsp3) is 0.529. The Kier molecular flexibility index (Phi) is 3.62. The standard InChI is InChI=1S/C17H21N7O/c1-7-23(8-1)16-3-2-15-18-19-17(24(15)20-16)13-4-9-22(10-5-13)12-14-6-11-25-21-14/h2-3,6,11,13H,1,4-5,7-10,12H2. The molecule has 0 saturated carbocycles. The second-order valence-corrected chi connectivity index (χ2v) is 6.90. The normalized spacial score (nSPS) is 19.4. The van der Waals surface area contributed by atoms with Gasteiger partial charge >= 0.3 is 0 Å². The Hall–Kier alpha value is -2.48. The molecule has 2 aliphatic rings. The number of rotatable bonds is 4. The lowest BCUT2D eigenvalue weighted by Crippen LogP contribution is -2.38. The Morgan fingerprint density at radius 1 is 1.04 bits per heavy atom. The van der Waals surface area contributed by atoms with E-state index in [4.69, 9.17) is 9.62 Å². The highest BCUT2D eigenvalue weighted by atomic mass is 16.5. The molecule has 130 valence electrons. The van der Waals surface area contributed by atoms with E-state index in [-0.39, 0.29) is 0 Å². The summed E-state index contributed by atoms with van der Waals surface area (Å²) in [5.41, 5.74) is 1.83. The molecule has 0 radical (unpaired) electrons. The molecule has 2 fully saturated rings. The van der Waals surface area contributed by atoms with Gasteiger partial charge in [0.05, 0.1) is 5.69 Å². The van der Waals surface area contributed by atoms with Gasteiger partial charge in [0.2, 0.25) is 0 Å². The van der Waals surface area contributed by atoms with Crippen LogP contribution in [-0.2, 0) is 6.54 Å². The fourth-order valence-corrected chi connectivity index (χ4v) is 3.66. The maximum absolute atomic E-state index is 4.92. The van der Waals surface area contributed by atoms with Crippen LogP contribution in [0.3, 0.4) is 0 Å². The molecule has 3 aromatic rings. The highest BCUT2D eigenvalue weighted by Crippen LogP contribution is 2.28. The third kappa shape index (κ3) is 2.76. The molecule has 8 heteroatoms. The molecule has 2 aliphatic heterocycles. The minimum absolute atomic E-state index is 0.405. The van der Waals surface area contributed by atoms with Crippen LogP contribution in [0.1, 0.15) is 36.7 Å². The molecule has 2 saturated heterocycles. The SMILES string of the molecule is c1cc(CN2CCC(c3nnc4ccc(N5CCC5)nn34)CC2)no1. The lowest BCUT2D eigenvalue weighted by molar-refractivity contribution is 0.196. The van der Waals surface area contributed by atoms with Gasteiger partial charge in [0.15, 0.2) is 11.5 Å². The van der Waals surface area contributed by atoms with Gasteiger partial charge in [-0.25, -0.2) is 0 Å². The first-order valence-corrected chi connectivity index (χ1v) is 8.96. The van der Waals surface area contributed by atoms with Crippen molar-refractivity contribution in [3.63, 3.8) is 0 Å². The van der Waals surface area contributed by atoms with E-state index in [1.165, 1.54) is 6.42 Å². The number of aromatic nitrogens is 5. The molecule has 25 heavy (non-hydrogen) atoms. The fourth-order valence-electron chi connectivity index (χ4n) is 3.66. The first kappa shape index (κ1) is 14.8. The number of anilines is 1. The Labute approximate surface area is 145 Å². The molecule has 0 atom stereocenters. The maximum atomic E-state index is 4.92.